The van der Waals surface area contributed by atoms with Crippen LogP contribution in [0.4, 0.5) is 0 Å². The highest BCUT2D eigenvalue weighted by Gasteiger charge is 2.28. The molecule has 1 rings (SSSR count). The molecule has 0 atom stereocenters. The standard InChI is InChI=1S/C13H17NO4/c1-5-6-14(13(2,3)4)11(15)10-7-9(8-18-10)12(16)17/h5,7-8H,1,6H2,2-4H3,(H,16,17). The van der Waals surface area contributed by atoms with Crippen LogP contribution in [0.5, 0.6) is 0 Å². The minimum atomic E-state index is -1.12. The van der Waals surface area contributed by atoms with Gasteiger partial charge in [0, 0.05) is 18.2 Å². The van der Waals surface area contributed by atoms with Crippen LogP contribution in [-0.2, 0) is 0 Å². The Balaban J connectivity index is 3.02. The Kier molecular flexibility index (Phi) is 3.96. The lowest BCUT2D eigenvalue weighted by molar-refractivity contribution is 0.0583. The van der Waals surface area contributed by atoms with Crippen molar-refractivity contribution in [3.05, 3.63) is 36.3 Å². The number of furan rings is 1. The van der Waals surface area contributed by atoms with E-state index in [-0.39, 0.29) is 17.2 Å². The van der Waals surface area contributed by atoms with Gasteiger partial charge >= 0.3 is 5.97 Å². The summed E-state index contributed by atoms with van der Waals surface area (Å²) in [5.74, 6) is -1.46. The number of aromatic carboxylic acids is 1. The Bertz CT molecular complexity index is 468. The molecule has 1 aromatic heterocycles. The van der Waals surface area contributed by atoms with Gasteiger partial charge in [0.1, 0.15) is 6.26 Å². The highest BCUT2D eigenvalue weighted by atomic mass is 16.4. The number of hydrogen-bond donors (Lipinski definition) is 1. The summed E-state index contributed by atoms with van der Waals surface area (Å²) in [7, 11) is 0. The molecule has 0 aliphatic heterocycles. The first-order valence-electron chi connectivity index (χ1n) is 5.52. The van der Waals surface area contributed by atoms with Crippen molar-refractivity contribution in [3.63, 3.8) is 0 Å². The number of nitrogens with zero attached hydrogens (tertiary/aromatic N) is 1. The van der Waals surface area contributed by atoms with Gasteiger partial charge in [-0.25, -0.2) is 4.79 Å². The SMILES string of the molecule is C=CCN(C(=O)c1cc(C(=O)O)co1)C(C)(C)C. The van der Waals surface area contributed by atoms with Crippen LogP contribution in [-0.4, -0.2) is 34.0 Å². The Labute approximate surface area is 106 Å². The summed E-state index contributed by atoms with van der Waals surface area (Å²) < 4.78 is 5.00. The lowest BCUT2D eigenvalue weighted by Gasteiger charge is -2.34. The van der Waals surface area contributed by atoms with Crippen LogP contribution in [0.2, 0.25) is 0 Å². The first kappa shape index (κ1) is 14.0. The molecule has 0 spiro atoms. The van der Waals surface area contributed by atoms with Crippen LogP contribution in [0.15, 0.2) is 29.4 Å². The molecule has 98 valence electrons. The molecule has 0 unspecified atom stereocenters. The van der Waals surface area contributed by atoms with Crippen LogP contribution in [0.25, 0.3) is 0 Å². The second-order valence-corrected chi connectivity index (χ2v) is 4.88. The summed E-state index contributed by atoms with van der Waals surface area (Å²) in [5, 5.41) is 8.78. The molecule has 0 saturated heterocycles. The van der Waals surface area contributed by atoms with Crippen LogP contribution in [0.1, 0.15) is 41.7 Å². The van der Waals surface area contributed by atoms with E-state index >= 15 is 0 Å². The van der Waals surface area contributed by atoms with Crippen molar-refractivity contribution in [2.75, 3.05) is 6.54 Å². The number of hydrogen-bond acceptors (Lipinski definition) is 3. The van der Waals surface area contributed by atoms with Gasteiger partial charge in [0.25, 0.3) is 5.91 Å². The van der Waals surface area contributed by atoms with Gasteiger partial charge in [-0.3, -0.25) is 4.79 Å². The maximum absolute atomic E-state index is 12.2. The maximum atomic E-state index is 12.2. The largest absolute Gasteiger partial charge is 0.478 e. The predicted molar refractivity (Wildman–Crippen MR) is 66.7 cm³/mol. The molecule has 1 N–H and O–H groups in total. The molecule has 0 aliphatic rings. The second kappa shape index (κ2) is 5.08. The van der Waals surface area contributed by atoms with Crippen LogP contribution >= 0.6 is 0 Å². The highest BCUT2D eigenvalue weighted by molar-refractivity contribution is 5.95. The lowest BCUT2D eigenvalue weighted by Crippen LogP contribution is -2.45. The highest BCUT2D eigenvalue weighted by Crippen LogP contribution is 2.18. The summed E-state index contributed by atoms with van der Waals surface area (Å²) >= 11 is 0. The fourth-order valence-corrected chi connectivity index (χ4v) is 1.48. The zero-order valence-corrected chi connectivity index (χ0v) is 10.8. The van der Waals surface area contributed by atoms with E-state index in [9.17, 15) is 9.59 Å². The number of rotatable bonds is 4. The third kappa shape index (κ3) is 3.00. The van der Waals surface area contributed by atoms with E-state index in [4.69, 9.17) is 9.52 Å². The molecule has 0 bridgehead atoms. The van der Waals surface area contributed by atoms with Gasteiger partial charge in [0.05, 0.1) is 5.56 Å². The van der Waals surface area contributed by atoms with Gasteiger partial charge in [-0.15, -0.1) is 6.58 Å². The molecule has 0 radical (unpaired) electrons. The molecule has 1 amide bonds. The summed E-state index contributed by atoms with van der Waals surface area (Å²) in [5.41, 5.74) is -0.438. The van der Waals surface area contributed by atoms with E-state index in [1.165, 1.54) is 6.07 Å². The first-order valence-corrected chi connectivity index (χ1v) is 5.52. The molecule has 0 fully saturated rings. The molecule has 5 heteroatoms. The fraction of sp³-hybridized carbons (Fsp3) is 0.385. The summed E-state index contributed by atoms with van der Waals surface area (Å²) in [6.45, 7) is 9.62. The van der Waals surface area contributed by atoms with Gasteiger partial charge < -0.3 is 14.4 Å². The van der Waals surface area contributed by atoms with Crippen molar-refractivity contribution >= 4 is 11.9 Å². The van der Waals surface area contributed by atoms with E-state index in [0.717, 1.165) is 6.26 Å². The van der Waals surface area contributed by atoms with Crippen LogP contribution in [0, 0.1) is 0 Å². The Morgan fingerprint density at radius 1 is 1.50 bits per heavy atom. The van der Waals surface area contributed by atoms with E-state index in [0.29, 0.717) is 6.54 Å². The van der Waals surface area contributed by atoms with Crippen molar-refractivity contribution < 1.29 is 19.1 Å². The van der Waals surface area contributed by atoms with E-state index in [1.807, 2.05) is 20.8 Å². The lowest BCUT2D eigenvalue weighted by atomic mass is 10.1. The summed E-state index contributed by atoms with van der Waals surface area (Å²) in [6.07, 6.45) is 2.68. The summed E-state index contributed by atoms with van der Waals surface area (Å²) in [4.78, 5) is 24.5. The van der Waals surface area contributed by atoms with Gasteiger partial charge in [-0.1, -0.05) is 6.08 Å². The van der Waals surface area contributed by atoms with Gasteiger partial charge in [-0.2, -0.15) is 0 Å². The normalized spacial score (nSPS) is 11.1. The molecular weight excluding hydrogens is 234 g/mol. The molecule has 0 aromatic carbocycles. The monoisotopic (exact) mass is 251 g/mol. The molecule has 18 heavy (non-hydrogen) atoms. The fourth-order valence-electron chi connectivity index (χ4n) is 1.48. The van der Waals surface area contributed by atoms with E-state index in [1.54, 1.807) is 11.0 Å². The molecule has 0 aliphatic carbocycles. The van der Waals surface area contributed by atoms with Gasteiger partial charge in [0.2, 0.25) is 0 Å². The van der Waals surface area contributed by atoms with Crippen LogP contribution in [0.3, 0.4) is 0 Å². The van der Waals surface area contributed by atoms with E-state index in [2.05, 4.69) is 6.58 Å². The maximum Gasteiger partial charge on any atom is 0.338 e. The Morgan fingerprint density at radius 3 is 2.50 bits per heavy atom. The smallest absolute Gasteiger partial charge is 0.338 e. The number of carboxylic acids is 1. The number of amides is 1. The first-order chi connectivity index (χ1) is 8.27. The van der Waals surface area contributed by atoms with E-state index < -0.39 is 11.5 Å². The number of carbonyl (C=O) groups excluding carboxylic acids is 1. The number of carboxylic acid groups (broad SMARTS) is 1. The van der Waals surface area contributed by atoms with Crippen LogP contribution < -0.4 is 0 Å². The van der Waals surface area contributed by atoms with Crippen molar-refractivity contribution in [2.45, 2.75) is 26.3 Å². The summed E-state index contributed by atoms with van der Waals surface area (Å²) in [6, 6.07) is 1.23. The predicted octanol–water partition coefficient (Wildman–Crippen LogP) is 2.40. The second-order valence-electron chi connectivity index (χ2n) is 4.88. The third-order valence-electron chi connectivity index (χ3n) is 2.42. The average molecular weight is 251 g/mol. The molecule has 1 aromatic rings. The van der Waals surface area contributed by atoms with Gasteiger partial charge in [-0.05, 0) is 20.8 Å². The van der Waals surface area contributed by atoms with Crippen molar-refractivity contribution in [3.8, 4) is 0 Å². The average Bonchev–Trinajstić information content (AvgIpc) is 2.72. The molecular formula is C13H17NO4. The minimum Gasteiger partial charge on any atom is -0.478 e. The quantitative estimate of drug-likeness (QED) is 0.834. The molecule has 0 saturated carbocycles. The number of carbonyl (C=O) groups is 2. The zero-order valence-electron chi connectivity index (χ0n) is 10.8. The van der Waals surface area contributed by atoms with Crippen molar-refractivity contribution in [1.82, 2.24) is 4.90 Å². The minimum absolute atomic E-state index is 0.0178. The van der Waals surface area contributed by atoms with Crippen molar-refractivity contribution in [2.24, 2.45) is 0 Å². The molecule has 1 heterocycles. The van der Waals surface area contributed by atoms with Crippen molar-refractivity contribution in [1.29, 1.82) is 0 Å². The van der Waals surface area contributed by atoms with Gasteiger partial charge in [0.15, 0.2) is 5.76 Å². The Morgan fingerprint density at radius 2 is 2.11 bits per heavy atom. The molecule has 5 nitrogen and oxygen atoms in total. The zero-order chi connectivity index (χ0) is 13.9. The third-order valence-corrected chi connectivity index (χ3v) is 2.42. The Hall–Kier alpha value is -2.04. The topological polar surface area (TPSA) is 70.8 Å².